The first-order valence-corrected chi connectivity index (χ1v) is 6.98. The van der Waals surface area contributed by atoms with E-state index in [1.165, 1.54) is 0 Å². The Balaban J connectivity index is 2.53. The number of carbonyl (C=O) groups is 1. The van der Waals surface area contributed by atoms with Crippen molar-refractivity contribution in [3.05, 3.63) is 5.69 Å². The summed E-state index contributed by atoms with van der Waals surface area (Å²) in [5.41, 5.74) is 8.52. The second-order valence-electron chi connectivity index (χ2n) is 4.90. The van der Waals surface area contributed by atoms with E-state index in [1.54, 1.807) is 9.25 Å². The van der Waals surface area contributed by atoms with E-state index in [0.717, 1.165) is 29.7 Å². The van der Waals surface area contributed by atoms with Crippen LogP contribution in [0.3, 0.4) is 0 Å². The quantitative estimate of drug-likeness (QED) is 0.853. The molecule has 0 saturated heterocycles. The van der Waals surface area contributed by atoms with Crippen LogP contribution in [0.2, 0.25) is 0 Å². The van der Waals surface area contributed by atoms with Gasteiger partial charge in [-0.05, 0) is 20.3 Å². The number of rotatable bonds is 5. The molecule has 7 heteroatoms. The number of likely N-dealkylation sites (N-methyl/N-ethyl adjacent to an activating group) is 1. The first-order chi connectivity index (χ1) is 9.51. The molecule has 0 bridgehead atoms. The number of nitrogens with two attached hydrogens (primary N) is 1. The van der Waals surface area contributed by atoms with Crippen LogP contribution in [0.15, 0.2) is 0 Å². The minimum atomic E-state index is -0.412. The summed E-state index contributed by atoms with van der Waals surface area (Å²) in [6.07, 6.45) is 1.84. The number of hydrogen-bond acceptors (Lipinski definition) is 4. The number of anilines is 1. The monoisotopic (exact) mass is 278 g/mol. The Hall–Kier alpha value is -2.05. The third kappa shape index (κ3) is 2.23. The van der Waals surface area contributed by atoms with Crippen LogP contribution >= 0.6 is 0 Å². The van der Waals surface area contributed by atoms with E-state index in [0.29, 0.717) is 12.5 Å². The molecular formula is C13H22N6O. The summed E-state index contributed by atoms with van der Waals surface area (Å²) in [7, 11) is 1.85. The number of nitrogens with zero attached hydrogens (tertiary/aromatic N) is 4. The zero-order valence-corrected chi connectivity index (χ0v) is 12.5. The highest BCUT2D eigenvalue weighted by Crippen LogP contribution is 2.25. The third-order valence-corrected chi connectivity index (χ3v) is 3.37. The number of imidazole rings is 1. The third-order valence-electron chi connectivity index (χ3n) is 3.37. The molecule has 1 atom stereocenters. The molecular weight excluding hydrogens is 256 g/mol. The molecule has 0 saturated carbocycles. The summed E-state index contributed by atoms with van der Waals surface area (Å²) >= 11 is 0. The zero-order chi connectivity index (χ0) is 14.9. The SMILES string of the molecule is CCCc1nn(C)c2c1nc(N)n2C(C)C(=O)NCC. The highest BCUT2D eigenvalue weighted by atomic mass is 16.2. The number of nitrogen functional groups attached to an aromatic ring is 1. The topological polar surface area (TPSA) is 90.8 Å². The minimum absolute atomic E-state index is 0.0725. The van der Waals surface area contributed by atoms with Crippen LogP contribution in [-0.4, -0.2) is 31.8 Å². The van der Waals surface area contributed by atoms with Gasteiger partial charge in [-0.2, -0.15) is 5.10 Å². The van der Waals surface area contributed by atoms with Crippen molar-refractivity contribution in [1.82, 2.24) is 24.6 Å². The first kappa shape index (κ1) is 14.4. The molecule has 0 aliphatic heterocycles. The number of amides is 1. The lowest BCUT2D eigenvalue weighted by Gasteiger charge is -2.15. The number of hydrogen-bond donors (Lipinski definition) is 2. The van der Waals surface area contributed by atoms with Gasteiger partial charge in [0.1, 0.15) is 11.6 Å². The van der Waals surface area contributed by atoms with Gasteiger partial charge in [-0.1, -0.05) is 13.3 Å². The van der Waals surface area contributed by atoms with Crippen molar-refractivity contribution in [2.75, 3.05) is 12.3 Å². The van der Waals surface area contributed by atoms with Crippen molar-refractivity contribution >= 4 is 23.0 Å². The Morgan fingerprint density at radius 2 is 2.15 bits per heavy atom. The van der Waals surface area contributed by atoms with Crippen LogP contribution in [0.5, 0.6) is 0 Å². The van der Waals surface area contributed by atoms with Crippen LogP contribution in [0, 0.1) is 0 Å². The lowest BCUT2D eigenvalue weighted by molar-refractivity contribution is -0.123. The Bertz CT molecular complexity index is 626. The molecule has 0 radical (unpaired) electrons. The fourth-order valence-corrected chi connectivity index (χ4v) is 2.45. The largest absolute Gasteiger partial charge is 0.369 e. The molecule has 3 N–H and O–H groups in total. The summed E-state index contributed by atoms with van der Waals surface area (Å²) in [5.74, 6) is 0.279. The van der Waals surface area contributed by atoms with E-state index in [2.05, 4.69) is 22.3 Å². The van der Waals surface area contributed by atoms with E-state index < -0.39 is 6.04 Å². The predicted molar refractivity (Wildman–Crippen MR) is 78.3 cm³/mol. The van der Waals surface area contributed by atoms with Crippen LogP contribution in [0.4, 0.5) is 5.95 Å². The summed E-state index contributed by atoms with van der Waals surface area (Å²) in [6.45, 7) is 6.39. The number of nitrogens with one attached hydrogen (secondary N) is 1. The van der Waals surface area contributed by atoms with Crippen molar-refractivity contribution in [3.8, 4) is 0 Å². The standard InChI is InChI=1S/C13H22N6O/c1-5-7-9-10-12(18(4)17-9)19(13(14)16-10)8(3)11(20)15-6-2/h8H,5-7H2,1-4H3,(H2,14,16)(H,15,20). The van der Waals surface area contributed by atoms with Gasteiger partial charge >= 0.3 is 0 Å². The highest BCUT2D eigenvalue weighted by Gasteiger charge is 2.24. The summed E-state index contributed by atoms with van der Waals surface area (Å²) in [5, 5.41) is 7.28. The van der Waals surface area contributed by atoms with Crippen molar-refractivity contribution < 1.29 is 4.79 Å². The maximum absolute atomic E-state index is 12.0. The Kier molecular flexibility index (Phi) is 3.96. The van der Waals surface area contributed by atoms with Crippen molar-refractivity contribution in [1.29, 1.82) is 0 Å². The second-order valence-corrected chi connectivity index (χ2v) is 4.90. The van der Waals surface area contributed by atoms with Gasteiger partial charge in [0.25, 0.3) is 0 Å². The molecule has 20 heavy (non-hydrogen) atoms. The van der Waals surface area contributed by atoms with Gasteiger partial charge in [0.15, 0.2) is 5.65 Å². The van der Waals surface area contributed by atoms with Crippen molar-refractivity contribution in [2.24, 2.45) is 7.05 Å². The Labute approximate surface area is 118 Å². The average molecular weight is 278 g/mol. The van der Waals surface area contributed by atoms with Crippen molar-refractivity contribution in [2.45, 2.75) is 39.7 Å². The lowest BCUT2D eigenvalue weighted by Crippen LogP contribution is -2.31. The molecule has 2 heterocycles. The molecule has 1 amide bonds. The Morgan fingerprint density at radius 3 is 2.75 bits per heavy atom. The molecule has 2 aromatic rings. The summed E-state index contributed by atoms with van der Waals surface area (Å²) < 4.78 is 3.49. The minimum Gasteiger partial charge on any atom is -0.369 e. The fourth-order valence-electron chi connectivity index (χ4n) is 2.45. The van der Waals surface area contributed by atoms with Gasteiger partial charge in [-0.3, -0.25) is 14.0 Å². The Morgan fingerprint density at radius 1 is 1.45 bits per heavy atom. The van der Waals surface area contributed by atoms with Gasteiger partial charge < -0.3 is 11.1 Å². The van der Waals surface area contributed by atoms with Gasteiger partial charge in [-0.25, -0.2) is 4.98 Å². The normalized spacial score (nSPS) is 12.8. The maximum Gasteiger partial charge on any atom is 0.242 e. The molecule has 0 spiro atoms. The van der Waals surface area contributed by atoms with Gasteiger partial charge in [0.05, 0.1) is 5.69 Å². The average Bonchev–Trinajstić information content (AvgIpc) is 2.88. The summed E-state index contributed by atoms with van der Waals surface area (Å²) in [6, 6.07) is -0.412. The smallest absolute Gasteiger partial charge is 0.242 e. The van der Waals surface area contributed by atoms with Crippen LogP contribution in [0.1, 0.15) is 38.9 Å². The molecule has 0 aliphatic rings. The first-order valence-electron chi connectivity index (χ1n) is 6.98. The second kappa shape index (κ2) is 5.52. The van der Waals surface area contributed by atoms with Crippen molar-refractivity contribution in [3.63, 3.8) is 0 Å². The fraction of sp³-hybridized carbons (Fsp3) is 0.615. The van der Waals surface area contributed by atoms with E-state index in [9.17, 15) is 4.79 Å². The van der Waals surface area contributed by atoms with E-state index in [4.69, 9.17) is 5.73 Å². The molecule has 1 unspecified atom stereocenters. The van der Waals surface area contributed by atoms with Gasteiger partial charge in [0, 0.05) is 13.6 Å². The zero-order valence-electron chi connectivity index (χ0n) is 12.5. The van der Waals surface area contributed by atoms with Gasteiger partial charge in [-0.15, -0.1) is 0 Å². The molecule has 2 rings (SSSR count). The molecule has 0 aliphatic carbocycles. The van der Waals surface area contributed by atoms with E-state index in [1.807, 2.05) is 20.9 Å². The maximum atomic E-state index is 12.0. The highest BCUT2D eigenvalue weighted by molar-refractivity contribution is 5.85. The van der Waals surface area contributed by atoms with E-state index in [-0.39, 0.29) is 5.91 Å². The van der Waals surface area contributed by atoms with Crippen LogP contribution in [0.25, 0.3) is 11.2 Å². The number of aryl methyl sites for hydroxylation is 2. The number of aromatic nitrogens is 4. The van der Waals surface area contributed by atoms with Gasteiger partial charge in [0.2, 0.25) is 11.9 Å². The summed E-state index contributed by atoms with van der Waals surface area (Å²) in [4.78, 5) is 16.4. The lowest BCUT2D eigenvalue weighted by atomic mass is 10.2. The molecule has 0 fully saturated rings. The molecule has 0 aromatic carbocycles. The van der Waals surface area contributed by atoms with E-state index >= 15 is 0 Å². The van der Waals surface area contributed by atoms with Crippen LogP contribution in [-0.2, 0) is 18.3 Å². The predicted octanol–water partition coefficient (Wildman–Crippen LogP) is 1.00. The number of carbonyl (C=O) groups excluding carboxylic acids is 1. The number of fused-ring (bicyclic) bond motifs is 1. The molecule has 2 aromatic heterocycles. The van der Waals surface area contributed by atoms with Crippen LogP contribution < -0.4 is 11.1 Å². The molecule has 110 valence electrons. The molecule has 7 nitrogen and oxygen atoms in total.